The maximum atomic E-state index is 13.5. The SMILES string of the molecule is Cc1cc(Br)c(F)cc1NC(=O)C1(C)CCCS1. The lowest BCUT2D eigenvalue weighted by molar-refractivity contribution is -0.118. The van der Waals surface area contributed by atoms with Crippen LogP contribution >= 0.6 is 27.7 Å². The van der Waals surface area contributed by atoms with Gasteiger partial charge in [-0.25, -0.2) is 4.39 Å². The Bertz CT molecular complexity index is 486. The summed E-state index contributed by atoms with van der Waals surface area (Å²) in [5.41, 5.74) is 1.40. The normalized spacial score (nSPS) is 23.1. The van der Waals surface area contributed by atoms with Crippen LogP contribution in [0.5, 0.6) is 0 Å². The monoisotopic (exact) mass is 331 g/mol. The molecule has 1 atom stereocenters. The smallest absolute Gasteiger partial charge is 0.240 e. The average Bonchev–Trinajstić information content (AvgIpc) is 2.74. The lowest BCUT2D eigenvalue weighted by atomic mass is 10.0. The zero-order valence-electron chi connectivity index (χ0n) is 10.3. The van der Waals surface area contributed by atoms with E-state index in [-0.39, 0.29) is 16.5 Å². The highest BCUT2D eigenvalue weighted by Gasteiger charge is 2.37. The topological polar surface area (TPSA) is 29.1 Å². The summed E-state index contributed by atoms with van der Waals surface area (Å²) in [5.74, 6) is 0.618. The molecule has 0 aliphatic carbocycles. The maximum absolute atomic E-state index is 13.5. The van der Waals surface area contributed by atoms with Gasteiger partial charge >= 0.3 is 0 Å². The highest BCUT2D eigenvalue weighted by atomic mass is 79.9. The number of halogens is 2. The Kier molecular flexibility index (Phi) is 4.02. The minimum absolute atomic E-state index is 0.0326. The van der Waals surface area contributed by atoms with Crippen molar-refractivity contribution in [2.75, 3.05) is 11.1 Å². The molecule has 5 heteroatoms. The van der Waals surface area contributed by atoms with E-state index < -0.39 is 0 Å². The molecule has 0 radical (unpaired) electrons. The van der Waals surface area contributed by atoms with Crippen molar-refractivity contribution in [2.24, 2.45) is 0 Å². The molecule has 1 unspecified atom stereocenters. The third-order valence-electron chi connectivity index (χ3n) is 3.21. The number of anilines is 1. The van der Waals surface area contributed by atoms with Crippen LogP contribution < -0.4 is 5.32 Å². The number of nitrogens with one attached hydrogen (secondary N) is 1. The lowest BCUT2D eigenvalue weighted by Gasteiger charge is -2.22. The first kappa shape index (κ1) is 13.9. The molecule has 1 aliphatic rings. The number of carbonyl (C=O) groups is 1. The lowest BCUT2D eigenvalue weighted by Crippen LogP contribution is -2.34. The first-order valence-electron chi connectivity index (χ1n) is 5.83. The van der Waals surface area contributed by atoms with Crippen molar-refractivity contribution in [3.8, 4) is 0 Å². The van der Waals surface area contributed by atoms with Gasteiger partial charge in [-0.3, -0.25) is 4.79 Å². The van der Waals surface area contributed by atoms with E-state index in [9.17, 15) is 9.18 Å². The van der Waals surface area contributed by atoms with Gasteiger partial charge in [0.2, 0.25) is 5.91 Å². The van der Waals surface area contributed by atoms with Gasteiger partial charge in [0.1, 0.15) is 5.82 Å². The molecule has 1 aromatic rings. The van der Waals surface area contributed by atoms with Gasteiger partial charge in [0.15, 0.2) is 0 Å². The van der Waals surface area contributed by atoms with Crippen LogP contribution in [0.1, 0.15) is 25.3 Å². The molecule has 1 amide bonds. The second kappa shape index (κ2) is 5.21. The first-order chi connectivity index (χ1) is 8.42. The van der Waals surface area contributed by atoms with Crippen LogP contribution in [0.2, 0.25) is 0 Å². The quantitative estimate of drug-likeness (QED) is 0.883. The summed E-state index contributed by atoms with van der Waals surface area (Å²) in [4.78, 5) is 12.2. The third kappa shape index (κ3) is 2.72. The third-order valence-corrected chi connectivity index (χ3v) is 5.34. The Hall–Kier alpha value is -0.550. The molecule has 0 bridgehead atoms. The summed E-state index contributed by atoms with van der Waals surface area (Å²) in [5, 5.41) is 2.84. The molecule has 1 N–H and O–H groups in total. The minimum Gasteiger partial charge on any atom is -0.325 e. The summed E-state index contributed by atoms with van der Waals surface area (Å²) in [6.45, 7) is 3.80. The van der Waals surface area contributed by atoms with Crippen LogP contribution in [0.4, 0.5) is 10.1 Å². The van der Waals surface area contributed by atoms with Crippen LogP contribution in [-0.2, 0) is 4.79 Å². The number of thioether (sulfide) groups is 1. The number of amides is 1. The summed E-state index contributed by atoms with van der Waals surface area (Å²) >= 11 is 4.80. The molecule has 1 aromatic carbocycles. The standard InChI is InChI=1S/C13H15BrFNOS/c1-8-6-9(14)10(15)7-11(8)16-12(17)13(2)4-3-5-18-13/h6-7H,3-5H2,1-2H3,(H,16,17). The van der Waals surface area contributed by atoms with Gasteiger partial charge in [0.05, 0.1) is 9.22 Å². The molecule has 1 aliphatic heterocycles. The fraction of sp³-hybridized carbons (Fsp3) is 0.462. The minimum atomic E-state index is -0.379. The highest BCUT2D eigenvalue weighted by Crippen LogP contribution is 2.39. The van der Waals surface area contributed by atoms with Crippen LogP contribution in [0, 0.1) is 12.7 Å². The van der Waals surface area contributed by atoms with Crippen molar-refractivity contribution < 1.29 is 9.18 Å². The van der Waals surface area contributed by atoms with Gasteiger partial charge in [-0.2, -0.15) is 0 Å². The number of hydrogen-bond acceptors (Lipinski definition) is 2. The van der Waals surface area contributed by atoms with Crippen molar-refractivity contribution in [3.63, 3.8) is 0 Å². The van der Waals surface area contributed by atoms with E-state index in [0.29, 0.717) is 10.2 Å². The first-order valence-corrected chi connectivity index (χ1v) is 7.61. The summed E-state index contributed by atoms with van der Waals surface area (Å²) in [6, 6.07) is 3.04. The Morgan fingerprint density at radius 1 is 1.56 bits per heavy atom. The van der Waals surface area contributed by atoms with Gasteiger partial charge in [0.25, 0.3) is 0 Å². The van der Waals surface area contributed by atoms with Crippen LogP contribution in [-0.4, -0.2) is 16.4 Å². The summed E-state index contributed by atoms with van der Waals surface area (Å²) < 4.78 is 13.5. The zero-order valence-corrected chi connectivity index (χ0v) is 12.8. The van der Waals surface area contributed by atoms with Crippen LogP contribution in [0.15, 0.2) is 16.6 Å². The van der Waals surface area contributed by atoms with E-state index in [2.05, 4.69) is 21.2 Å². The maximum Gasteiger partial charge on any atom is 0.240 e. The van der Waals surface area contributed by atoms with Crippen molar-refractivity contribution in [3.05, 3.63) is 28.0 Å². The van der Waals surface area contributed by atoms with E-state index in [1.54, 1.807) is 17.8 Å². The predicted octanol–water partition coefficient (Wildman–Crippen LogP) is 4.12. The fourth-order valence-electron chi connectivity index (χ4n) is 1.99. The molecule has 2 rings (SSSR count). The van der Waals surface area contributed by atoms with E-state index in [0.717, 1.165) is 24.2 Å². The Balaban J connectivity index is 2.19. The number of hydrogen-bond donors (Lipinski definition) is 1. The molecule has 0 saturated carbocycles. The average molecular weight is 332 g/mol. The number of rotatable bonds is 2. The Morgan fingerprint density at radius 3 is 2.89 bits per heavy atom. The Labute approximate surface area is 119 Å². The van der Waals surface area contributed by atoms with E-state index in [1.807, 2.05) is 13.8 Å². The van der Waals surface area contributed by atoms with Crippen LogP contribution in [0.3, 0.4) is 0 Å². The molecule has 2 nitrogen and oxygen atoms in total. The molecule has 0 aromatic heterocycles. The van der Waals surface area contributed by atoms with Crippen molar-refractivity contribution in [1.82, 2.24) is 0 Å². The number of benzene rings is 1. The Morgan fingerprint density at radius 2 is 2.28 bits per heavy atom. The summed E-state index contributed by atoms with van der Waals surface area (Å²) in [6.07, 6.45) is 1.93. The van der Waals surface area contributed by atoms with Crippen LogP contribution in [0.25, 0.3) is 0 Å². The predicted molar refractivity (Wildman–Crippen MR) is 77.6 cm³/mol. The fourth-order valence-corrected chi connectivity index (χ4v) is 3.66. The molecule has 0 spiro atoms. The van der Waals surface area contributed by atoms with Crippen molar-refractivity contribution in [1.29, 1.82) is 0 Å². The molecule has 1 saturated heterocycles. The number of carbonyl (C=O) groups excluding carboxylic acids is 1. The van der Waals surface area contributed by atoms with Gasteiger partial charge in [-0.15, -0.1) is 11.8 Å². The molecule has 18 heavy (non-hydrogen) atoms. The number of aryl methyl sites for hydroxylation is 1. The molecule has 1 heterocycles. The van der Waals surface area contributed by atoms with Gasteiger partial charge < -0.3 is 5.32 Å². The van der Waals surface area contributed by atoms with E-state index >= 15 is 0 Å². The second-order valence-electron chi connectivity index (χ2n) is 4.72. The van der Waals surface area contributed by atoms with Gasteiger partial charge in [0, 0.05) is 5.69 Å². The zero-order chi connectivity index (χ0) is 13.3. The van der Waals surface area contributed by atoms with Gasteiger partial charge in [-0.1, -0.05) is 0 Å². The van der Waals surface area contributed by atoms with E-state index in [4.69, 9.17) is 0 Å². The molecular weight excluding hydrogens is 317 g/mol. The van der Waals surface area contributed by atoms with Crippen molar-refractivity contribution in [2.45, 2.75) is 31.4 Å². The molecule has 98 valence electrons. The highest BCUT2D eigenvalue weighted by molar-refractivity contribution is 9.10. The van der Waals surface area contributed by atoms with Gasteiger partial charge in [-0.05, 0) is 66.1 Å². The summed E-state index contributed by atoms with van der Waals surface area (Å²) in [7, 11) is 0. The largest absolute Gasteiger partial charge is 0.325 e. The van der Waals surface area contributed by atoms with Crippen molar-refractivity contribution >= 4 is 39.3 Å². The molecular formula is C13H15BrFNOS. The second-order valence-corrected chi connectivity index (χ2v) is 7.17. The molecule has 1 fully saturated rings. The van der Waals surface area contributed by atoms with E-state index in [1.165, 1.54) is 6.07 Å².